The van der Waals surface area contributed by atoms with E-state index >= 15 is 0 Å². The van der Waals surface area contributed by atoms with E-state index in [0.717, 1.165) is 17.1 Å². The molecule has 0 bridgehead atoms. The second kappa shape index (κ2) is 6.57. The van der Waals surface area contributed by atoms with E-state index in [1.54, 1.807) is 28.8 Å². The predicted octanol–water partition coefficient (Wildman–Crippen LogP) is 4.01. The Morgan fingerprint density at radius 3 is 2.42 bits per heavy atom. The molecule has 2 aromatic carbocycles. The first-order chi connectivity index (χ1) is 12.6. The number of aryl methyl sites for hydroxylation is 1. The lowest BCUT2D eigenvalue weighted by Gasteiger charge is -2.07. The average molecular weight is 364 g/mol. The molecular weight excluding hydrogens is 350 g/mol. The monoisotopic (exact) mass is 363 g/mol. The fourth-order valence-electron chi connectivity index (χ4n) is 2.58. The number of halogens is 1. The van der Waals surface area contributed by atoms with Crippen molar-refractivity contribution in [2.24, 2.45) is 0 Å². The molecule has 0 aliphatic carbocycles. The van der Waals surface area contributed by atoms with E-state index in [9.17, 15) is 4.79 Å². The molecule has 0 atom stereocenters. The number of carbonyl (C=O) groups is 1. The lowest BCUT2D eigenvalue weighted by Crippen LogP contribution is -2.11. The van der Waals surface area contributed by atoms with Crippen molar-refractivity contribution in [3.05, 3.63) is 77.1 Å². The van der Waals surface area contributed by atoms with E-state index in [2.05, 4.69) is 20.6 Å². The minimum absolute atomic E-state index is 0.186. The van der Waals surface area contributed by atoms with Gasteiger partial charge in [-0.1, -0.05) is 23.7 Å². The van der Waals surface area contributed by atoms with E-state index < -0.39 is 0 Å². The van der Waals surface area contributed by atoms with E-state index in [1.165, 1.54) is 0 Å². The van der Waals surface area contributed by atoms with Crippen molar-refractivity contribution < 1.29 is 4.79 Å². The minimum atomic E-state index is -0.186. The van der Waals surface area contributed by atoms with Crippen LogP contribution in [0.1, 0.15) is 16.2 Å². The molecule has 1 N–H and O–H groups in total. The molecule has 0 aliphatic rings. The molecule has 26 heavy (non-hydrogen) atoms. The Labute approximate surface area is 154 Å². The number of hydrogen-bond donors (Lipinski definition) is 1. The molecule has 4 aromatic rings. The highest BCUT2D eigenvalue weighted by molar-refractivity contribution is 6.30. The number of carbonyl (C=O) groups excluding carboxylic acids is 1. The van der Waals surface area contributed by atoms with Gasteiger partial charge in [-0.25, -0.2) is 0 Å². The molecule has 0 aliphatic heterocycles. The molecule has 128 valence electrons. The van der Waals surface area contributed by atoms with Gasteiger partial charge in [-0.2, -0.15) is 9.61 Å². The molecule has 0 saturated heterocycles. The number of nitrogens with zero attached hydrogens (tertiary/aromatic N) is 4. The normalized spacial score (nSPS) is 10.8. The quantitative estimate of drug-likeness (QED) is 0.597. The van der Waals surface area contributed by atoms with Crippen LogP contribution in [0.2, 0.25) is 5.02 Å². The van der Waals surface area contributed by atoms with Gasteiger partial charge in [-0.3, -0.25) is 4.79 Å². The number of aromatic nitrogens is 4. The maximum absolute atomic E-state index is 12.3. The number of benzene rings is 2. The van der Waals surface area contributed by atoms with Gasteiger partial charge >= 0.3 is 0 Å². The van der Waals surface area contributed by atoms with E-state index in [0.29, 0.717) is 21.9 Å². The van der Waals surface area contributed by atoms with Crippen LogP contribution >= 0.6 is 11.6 Å². The van der Waals surface area contributed by atoms with Gasteiger partial charge in [0.2, 0.25) is 0 Å². The third-order valence-corrected chi connectivity index (χ3v) is 4.22. The summed E-state index contributed by atoms with van der Waals surface area (Å²) in [6, 6.07) is 18.0. The van der Waals surface area contributed by atoms with Crippen molar-refractivity contribution >= 4 is 28.8 Å². The number of fused-ring (bicyclic) bond motifs is 1. The topological polar surface area (TPSA) is 72.2 Å². The summed E-state index contributed by atoms with van der Waals surface area (Å²) in [5.41, 5.74) is 3.70. The standard InChI is InChI=1S/C19H14ClN5O/c1-12-22-23-18-11-10-17(24-25(12)18)13-4-8-16(9-5-13)21-19(26)14-2-6-15(20)7-3-14/h2-11H,1H3,(H,21,26). The van der Waals surface area contributed by atoms with Crippen LogP contribution in [0.3, 0.4) is 0 Å². The largest absolute Gasteiger partial charge is 0.322 e. The van der Waals surface area contributed by atoms with Gasteiger partial charge in [0.05, 0.1) is 5.69 Å². The van der Waals surface area contributed by atoms with Gasteiger partial charge in [0, 0.05) is 21.8 Å². The summed E-state index contributed by atoms with van der Waals surface area (Å²) in [5.74, 6) is 0.544. The summed E-state index contributed by atoms with van der Waals surface area (Å²) in [7, 11) is 0. The maximum Gasteiger partial charge on any atom is 0.255 e. The fourth-order valence-corrected chi connectivity index (χ4v) is 2.70. The Bertz CT molecular complexity index is 1090. The van der Waals surface area contributed by atoms with Crippen molar-refractivity contribution in [1.29, 1.82) is 0 Å². The highest BCUT2D eigenvalue weighted by atomic mass is 35.5. The highest BCUT2D eigenvalue weighted by Gasteiger charge is 2.08. The molecule has 7 heteroatoms. The van der Waals surface area contributed by atoms with Gasteiger partial charge in [0.25, 0.3) is 5.91 Å². The summed E-state index contributed by atoms with van der Waals surface area (Å²) >= 11 is 5.84. The molecule has 0 fully saturated rings. The second-order valence-electron chi connectivity index (χ2n) is 5.77. The molecule has 1 amide bonds. The Kier molecular flexibility index (Phi) is 4.10. The summed E-state index contributed by atoms with van der Waals surface area (Å²) < 4.78 is 1.70. The van der Waals surface area contributed by atoms with Crippen LogP contribution in [-0.2, 0) is 0 Å². The van der Waals surface area contributed by atoms with E-state index in [1.807, 2.05) is 43.3 Å². The summed E-state index contributed by atoms with van der Waals surface area (Å²) in [4.78, 5) is 12.3. The number of amides is 1. The Hall–Kier alpha value is -3.25. The van der Waals surface area contributed by atoms with Crippen LogP contribution in [-0.4, -0.2) is 25.7 Å². The fraction of sp³-hybridized carbons (Fsp3) is 0.0526. The Balaban J connectivity index is 1.55. The van der Waals surface area contributed by atoms with Crippen molar-refractivity contribution in [1.82, 2.24) is 19.8 Å². The van der Waals surface area contributed by atoms with Gasteiger partial charge < -0.3 is 5.32 Å². The molecule has 2 aromatic heterocycles. The van der Waals surface area contributed by atoms with Crippen LogP contribution in [0.25, 0.3) is 16.9 Å². The number of hydrogen-bond acceptors (Lipinski definition) is 4. The SMILES string of the molecule is Cc1nnc2ccc(-c3ccc(NC(=O)c4ccc(Cl)cc4)cc3)nn12. The van der Waals surface area contributed by atoms with Crippen LogP contribution in [0.4, 0.5) is 5.69 Å². The second-order valence-corrected chi connectivity index (χ2v) is 6.21. The number of nitrogens with one attached hydrogen (secondary N) is 1. The van der Waals surface area contributed by atoms with Gasteiger partial charge in [-0.15, -0.1) is 10.2 Å². The molecule has 0 radical (unpaired) electrons. The van der Waals surface area contributed by atoms with Crippen LogP contribution in [0.5, 0.6) is 0 Å². The van der Waals surface area contributed by atoms with Crippen molar-refractivity contribution in [3.8, 4) is 11.3 Å². The van der Waals surface area contributed by atoms with Gasteiger partial charge in [0.15, 0.2) is 11.5 Å². The number of anilines is 1. The van der Waals surface area contributed by atoms with Crippen molar-refractivity contribution in [2.45, 2.75) is 6.92 Å². The van der Waals surface area contributed by atoms with Crippen molar-refractivity contribution in [2.75, 3.05) is 5.32 Å². The number of rotatable bonds is 3. The lowest BCUT2D eigenvalue weighted by molar-refractivity contribution is 0.102. The summed E-state index contributed by atoms with van der Waals surface area (Å²) in [6.45, 7) is 1.85. The zero-order valence-electron chi connectivity index (χ0n) is 13.8. The summed E-state index contributed by atoms with van der Waals surface area (Å²) in [5, 5.41) is 16.0. The molecule has 0 spiro atoms. The third kappa shape index (κ3) is 3.14. The van der Waals surface area contributed by atoms with Gasteiger partial charge in [-0.05, 0) is 55.5 Å². The third-order valence-electron chi connectivity index (χ3n) is 3.96. The van der Waals surface area contributed by atoms with E-state index in [4.69, 9.17) is 11.6 Å². The van der Waals surface area contributed by atoms with Crippen molar-refractivity contribution in [3.63, 3.8) is 0 Å². The van der Waals surface area contributed by atoms with Crippen LogP contribution in [0.15, 0.2) is 60.7 Å². The zero-order valence-corrected chi connectivity index (χ0v) is 14.6. The molecular formula is C19H14ClN5O. The smallest absolute Gasteiger partial charge is 0.255 e. The predicted molar refractivity (Wildman–Crippen MR) is 100 cm³/mol. The minimum Gasteiger partial charge on any atom is -0.322 e. The highest BCUT2D eigenvalue weighted by Crippen LogP contribution is 2.20. The average Bonchev–Trinajstić information content (AvgIpc) is 3.03. The van der Waals surface area contributed by atoms with Gasteiger partial charge in [0.1, 0.15) is 0 Å². The zero-order chi connectivity index (χ0) is 18.1. The summed E-state index contributed by atoms with van der Waals surface area (Å²) in [6.07, 6.45) is 0. The van der Waals surface area contributed by atoms with Crippen LogP contribution < -0.4 is 5.32 Å². The first-order valence-corrected chi connectivity index (χ1v) is 8.34. The molecule has 6 nitrogen and oxygen atoms in total. The lowest BCUT2D eigenvalue weighted by atomic mass is 10.1. The first kappa shape index (κ1) is 16.2. The molecule has 0 saturated carbocycles. The Morgan fingerprint density at radius 1 is 0.962 bits per heavy atom. The molecule has 4 rings (SSSR count). The van der Waals surface area contributed by atoms with Crippen LogP contribution in [0, 0.1) is 6.92 Å². The molecule has 2 heterocycles. The maximum atomic E-state index is 12.3. The first-order valence-electron chi connectivity index (χ1n) is 7.96. The molecule has 0 unspecified atom stereocenters. The van der Waals surface area contributed by atoms with E-state index in [-0.39, 0.29) is 5.91 Å². The Morgan fingerprint density at radius 2 is 1.69 bits per heavy atom.